The monoisotopic (exact) mass is 174 g/mol. The van der Waals surface area contributed by atoms with Crippen LogP contribution in [0.1, 0.15) is 26.7 Å². The van der Waals surface area contributed by atoms with Gasteiger partial charge >= 0.3 is 0 Å². The molecule has 0 aromatic rings. The van der Waals surface area contributed by atoms with Gasteiger partial charge in [-0.2, -0.15) is 4.89 Å². The minimum absolute atomic E-state index is 0.0801. The number of ether oxygens (including phenoxy) is 1. The molecule has 0 heterocycles. The van der Waals surface area contributed by atoms with Crippen molar-refractivity contribution in [3.05, 3.63) is 12.8 Å². The van der Waals surface area contributed by atoms with E-state index < -0.39 is 0 Å². The molecule has 3 heteroatoms. The fourth-order valence-corrected chi connectivity index (χ4v) is 0.660. The summed E-state index contributed by atoms with van der Waals surface area (Å²) in [7, 11) is 0. The number of rotatable bonds is 8. The lowest BCUT2D eigenvalue weighted by atomic mass is 10.3. The molecule has 1 atom stereocenters. The summed E-state index contributed by atoms with van der Waals surface area (Å²) in [5.41, 5.74) is 0. The van der Waals surface area contributed by atoms with Crippen molar-refractivity contribution >= 4 is 0 Å². The van der Waals surface area contributed by atoms with Crippen LogP contribution in [0, 0.1) is 0 Å². The molecule has 0 bridgehead atoms. The molecule has 0 aromatic heterocycles. The molecular formula is C9H18O3. The Kier molecular flexibility index (Phi) is 8.17. The Bertz CT molecular complexity index is 104. The molecule has 0 aliphatic heterocycles. The third-order valence-corrected chi connectivity index (χ3v) is 1.34. The highest BCUT2D eigenvalue weighted by Crippen LogP contribution is 1.96. The molecule has 0 amide bonds. The topological polar surface area (TPSA) is 27.7 Å². The number of unbranched alkanes of at least 4 members (excludes halogenated alkanes) is 1. The van der Waals surface area contributed by atoms with E-state index in [1.807, 2.05) is 6.92 Å². The van der Waals surface area contributed by atoms with Gasteiger partial charge < -0.3 is 9.62 Å². The standard InChI is InChI=1S/C9H18O3/c1-4-6-7-10-9(3)8-12-11-5-2/h5,9H,2,4,6-8H2,1,3H3. The lowest BCUT2D eigenvalue weighted by molar-refractivity contribution is -0.263. The van der Waals surface area contributed by atoms with E-state index in [2.05, 4.69) is 18.4 Å². The fraction of sp³-hybridized carbons (Fsp3) is 0.778. The molecule has 1 unspecified atom stereocenters. The molecule has 0 aliphatic carbocycles. The minimum Gasteiger partial charge on any atom is -0.376 e. The average Bonchev–Trinajstić information content (AvgIpc) is 2.06. The molecule has 0 saturated carbocycles. The lowest BCUT2D eigenvalue weighted by Gasteiger charge is -2.11. The number of hydrogen-bond acceptors (Lipinski definition) is 3. The zero-order valence-electron chi connectivity index (χ0n) is 7.91. The molecular weight excluding hydrogens is 156 g/mol. The van der Waals surface area contributed by atoms with Crippen molar-refractivity contribution in [3.63, 3.8) is 0 Å². The summed E-state index contributed by atoms with van der Waals surface area (Å²) in [4.78, 5) is 9.23. The average molecular weight is 174 g/mol. The van der Waals surface area contributed by atoms with Gasteiger partial charge in [0, 0.05) is 6.61 Å². The fourth-order valence-electron chi connectivity index (χ4n) is 0.660. The first-order chi connectivity index (χ1) is 5.81. The molecule has 72 valence electrons. The zero-order valence-corrected chi connectivity index (χ0v) is 7.91. The Labute approximate surface area is 74.2 Å². The summed E-state index contributed by atoms with van der Waals surface area (Å²) in [6.45, 7) is 8.65. The van der Waals surface area contributed by atoms with Crippen molar-refractivity contribution in [1.82, 2.24) is 0 Å². The van der Waals surface area contributed by atoms with E-state index in [9.17, 15) is 0 Å². The second kappa shape index (κ2) is 8.56. The normalized spacial score (nSPS) is 12.5. The summed E-state index contributed by atoms with van der Waals surface area (Å²) >= 11 is 0. The van der Waals surface area contributed by atoms with Gasteiger partial charge in [0.15, 0.2) is 0 Å². The van der Waals surface area contributed by atoms with Gasteiger partial charge in [0.2, 0.25) is 0 Å². The van der Waals surface area contributed by atoms with E-state index in [1.54, 1.807) is 0 Å². The Morgan fingerprint density at radius 2 is 2.25 bits per heavy atom. The van der Waals surface area contributed by atoms with Gasteiger partial charge in [-0.05, 0) is 13.3 Å². The molecule has 0 fully saturated rings. The lowest BCUT2D eigenvalue weighted by Crippen LogP contribution is -2.16. The van der Waals surface area contributed by atoms with Crippen molar-refractivity contribution in [2.24, 2.45) is 0 Å². The van der Waals surface area contributed by atoms with Gasteiger partial charge in [0.25, 0.3) is 0 Å². The van der Waals surface area contributed by atoms with Crippen molar-refractivity contribution in [2.75, 3.05) is 13.2 Å². The van der Waals surface area contributed by atoms with Gasteiger partial charge in [-0.15, -0.1) is 0 Å². The third kappa shape index (κ3) is 7.57. The van der Waals surface area contributed by atoms with Crippen LogP contribution < -0.4 is 0 Å². The molecule has 0 N–H and O–H groups in total. The van der Waals surface area contributed by atoms with Gasteiger partial charge in [-0.1, -0.05) is 19.9 Å². The van der Waals surface area contributed by atoms with E-state index >= 15 is 0 Å². The molecule has 0 aromatic carbocycles. The second-order valence-corrected chi connectivity index (χ2v) is 2.58. The van der Waals surface area contributed by atoms with E-state index in [1.165, 1.54) is 6.26 Å². The van der Waals surface area contributed by atoms with Crippen LogP contribution in [0.25, 0.3) is 0 Å². The van der Waals surface area contributed by atoms with E-state index in [0.29, 0.717) is 6.61 Å². The molecule has 0 aliphatic rings. The summed E-state index contributed by atoms with van der Waals surface area (Å²) in [5, 5.41) is 0. The van der Waals surface area contributed by atoms with Gasteiger partial charge in [-0.3, -0.25) is 0 Å². The molecule has 12 heavy (non-hydrogen) atoms. The smallest absolute Gasteiger partial charge is 0.122 e. The van der Waals surface area contributed by atoms with Crippen LogP contribution in [0.15, 0.2) is 12.8 Å². The Hall–Kier alpha value is -0.540. The quantitative estimate of drug-likeness (QED) is 0.244. The van der Waals surface area contributed by atoms with Gasteiger partial charge in [-0.25, -0.2) is 0 Å². The second-order valence-electron chi connectivity index (χ2n) is 2.58. The van der Waals surface area contributed by atoms with E-state index in [0.717, 1.165) is 19.4 Å². The van der Waals surface area contributed by atoms with Crippen LogP contribution >= 0.6 is 0 Å². The van der Waals surface area contributed by atoms with E-state index in [4.69, 9.17) is 9.62 Å². The van der Waals surface area contributed by atoms with Crippen LogP contribution in [-0.4, -0.2) is 19.3 Å². The van der Waals surface area contributed by atoms with Crippen LogP contribution in [0.2, 0.25) is 0 Å². The third-order valence-electron chi connectivity index (χ3n) is 1.34. The first kappa shape index (κ1) is 11.5. The van der Waals surface area contributed by atoms with Crippen LogP contribution in [0.5, 0.6) is 0 Å². The van der Waals surface area contributed by atoms with Crippen molar-refractivity contribution in [3.8, 4) is 0 Å². The van der Waals surface area contributed by atoms with Crippen molar-refractivity contribution in [1.29, 1.82) is 0 Å². The SMILES string of the molecule is C=COOCC(C)OCCCC. The predicted octanol–water partition coefficient (Wildman–Crippen LogP) is 2.28. The molecule has 3 nitrogen and oxygen atoms in total. The van der Waals surface area contributed by atoms with Crippen molar-refractivity contribution in [2.45, 2.75) is 32.8 Å². The highest BCUT2D eigenvalue weighted by Gasteiger charge is 2.01. The van der Waals surface area contributed by atoms with Gasteiger partial charge in [0.1, 0.15) is 12.9 Å². The van der Waals surface area contributed by atoms with E-state index in [-0.39, 0.29) is 6.10 Å². The van der Waals surface area contributed by atoms with Crippen LogP contribution in [0.3, 0.4) is 0 Å². The zero-order chi connectivity index (χ0) is 9.23. The molecule has 0 spiro atoms. The summed E-state index contributed by atoms with van der Waals surface area (Å²) in [6, 6.07) is 0. The molecule has 0 saturated heterocycles. The molecule has 0 radical (unpaired) electrons. The minimum atomic E-state index is 0.0801. The maximum atomic E-state index is 5.39. The van der Waals surface area contributed by atoms with Gasteiger partial charge in [0.05, 0.1) is 6.10 Å². The Morgan fingerprint density at radius 3 is 2.83 bits per heavy atom. The van der Waals surface area contributed by atoms with Crippen molar-refractivity contribution < 1.29 is 14.5 Å². The van der Waals surface area contributed by atoms with Crippen LogP contribution in [-0.2, 0) is 14.5 Å². The first-order valence-corrected chi connectivity index (χ1v) is 4.32. The highest BCUT2D eigenvalue weighted by molar-refractivity contribution is 4.47. The molecule has 0 rings (SSSR count). The number of hydrogen-bond donors (Lipinski definition) is 0. The first-order valence-electron chi connectivity index (χ1n) is 4.32. The largest absolute Gasteiger partial charge is 0.376 e. The summed E-state index contributed by atoms with van der Waals surface area (Å²) < 4.78 is 5.39. The van der Waals surface area contributed by atoms with Crippen LogP contribution in [0.4, 0.5) is 0 Å². The maximum Gasteiger partial charge on any atom is 0.122 e. The predicted molar refractivity (Wildman–Crippen MR) is 47.6 cm³/mol. The Balaban J connectivity index is 3.09. The highest BCUT2D eigenvalue weighted by atomic mass is 17.2. The maximum absolute atomic E-state index is 5.39. The summed E-state index contributed by atoms with van der Waals surface area (Å²) in [5.74, 6) is 0. The summed E-state index contributed by atoms with van der Waals surface area (Å²) in [6.07, 6.45) is 3.57. The Morgan fingerprint density at radius 1 is 1.50 bits per heavy atom.